The van der Waals surface area contributed by atoms with Crippen molar-refractivity contribution in [1.29, 1.82) is 0 Å². The number of anilines is 1. The quantitative estimate of drug-likeness (QED) is 0.599. The van der Waals surface area contributed by atoms with Crippen molar-refractivity contribution in [1.82, 2.24) is 20.1 Å². The Morgan fingerprint density at radius 2 is 1.73 bits per heavy atom. The largest absolute Gasteiger partial charge is 0.482 e. The summed E-state index contributed by atoms with van der Waals surface area (Å²) in [6.45, 7) is 2.43. The van der Waals surface area contributed by atoms with Gasteiger partial charge in [0.15, 0.2) is 12.4 Å². The number of halogens is 2. The van der Waals surface area contributed by atoms with Crippen LogP contribution in [0.4, 0.5) is 5.82 Å². The lowest BCUT2D eigenvalue weighted by Crippen LogP contribution is -2.50. The van der Waals surface area contributed by atoms with E-state index in [1.807, 2.05) is 24.3 Å². The fraction of sp³-hybridized carbons (Fsp3) is 0.238. The number of piperazine rings is 1. The van der Waals surface area contributed by atoms with E-state index in [-0.39, 0.29) is 12.5 Å². The number of hydrogen-bond donors (Lipinski definition) is 0. The molecular weight excluding hydrogens is 425 g/mol. The summed E-state index contributed by atoms with van der Waals surface area (Å²) in [7, 11) is 0. The van der Waals surface area contributed by atoms with Crippen LogP contribution in [0.1, 0.15) is 0 Å². The summed E-state index contributed by atoms with van der Waals surface area (Å²) in [5.74, 6) is 1.10. The van der Waals surface area contributed by atoms with E-state index < -0.39 is 0 Å². The highest BCUT2D eigenvalue weighted by atomic mass is 35.5. The number of pyridine rings is 1. The minimum atomic E-state index is -0.0928. The van der Waals surface area contributed by atoms with E-state index in [4.69, 9.17) is 27.9 Å². The molecule has 7 nitrogen and oxygen atoms in total. The molecule has 0 atom stereocenters. The van der Waals surface area contributed by atoms with Crippen LogP contribution < -0.4 is 9.64 Å². The molecule has 9 heteroatoms. The number of benzene rings is 1. The highest BCUT2D eigenvalue weighted by Crippen LogP contribution is 2.31. The van der Waals surface area contributed by atoms with Crippen LogP contribution in [0.25, 0.3) is 11.3 Å². The van der Waals surface area contributed by atoms with Gasteiger partial charge in [0.1, 0.15) is 10.8 Å². The standard InChI is InChI=1S/C21H19Cl2N5O2/c22-16-2-1-3-18(21(16)23)30-14-20(29)28-12-10-27(11-13-28)19-5-4-17(25-26-19)15-6-8-24-9-7-15/h1-9H,10-14H2. The molecule has 1 amide bonds. The number of hydrogen-bond acceptors (Lipinski definition) is 6. The summed E-state index contributed by atoms with van der Waals surface area (Å²) >= 11 is 12.1. The lowest BCUT2D eigenvalue weighted by molar-refractivity contribution is -0.133. The zero-order valence-corrected chi connectivity index (χ0v) is 17.6. The van der Waals surface area contributed by atoms with E-state index in [0.29, 0.717) is 42.0 Å². The first kappa shape index (κ1) is 20.4. The van der Waals surface area contributed by atoms with Crippen LogP contribution >= 0.6 is 23.2 Å². The molecule has 3 aromatic rings. The normalized spacial score (nSPS) is 13.9. The third-order valence-electron chi connectivity index (χ3n) is 4.85. The lowest BCUT2D eigenvalue weighted by atomic mass is 10.2. The average molecular weight is 444 g/mol. The second-order valence-electron chi connectivity index (χ2n) is 6.72. The number of ether oxygens (including phenoxy) is 1. The first-order chi connectivity index (χ1) is 14.6. The maximum atomic E-state index is 12.5. The van der Waals surface area contributed by atoms with Gasteiger partial charge in [0.25, 0.3) is 5.91 Å². The minimum Gasteiger partial charge on any atom is -0.482 e. The van der Waals surface area contributed by atoms with Gasteiger partial charge in [0.05, 0.1) is 10.7 Å². The number of carbonyl (C=O) groups excluding carboxylic acids is 1. The van der Waals surface area contributed by atoms with E-state index >= 15 is 0 Å². The first-order valence-electron chi connectivity index (χ1n) is 9.45. The van der Waals surface area contributed by atoms with Gasteiger partial charge >= 0.3 is 0 Å². The molecule has 0 bridgehead atoms. The Balaban J connectivity index is 1.30. The predicted octanol–water partition coefficient (Wildman–Crippen LogP) is 3.57. The number of aromatic nitrogens is 3. The average Bonchev–Trinajstić information content (AvgIpc) is 2.81. The third kappa shape index (κ3) is 4.63. The topological polar surface area (TPSA) is 71.5 Å². The lowest BCUT2D eigenvalue weighted by Gasteiger charge is -2.35. The summed E-state index contributed by atoms with van der Waals surface area (Å²) in [6, 6.07) is 12.8. The zero-order valence-electron chi connectivity index (χ0n) is 16.0. The molecule has 2 aromatic heterocycles. The van der Waals surface area contributed by atoms with Crippen molar-refractivity contribution in [3.05, 3.63) is 64.9 Å². The molecule has 0 saturated carbocycles. The van der Waals surface area contributed by atoms with Gasteiger partial charge in [-0.1, -0.05) is 29.3 Å². The van der Waals surface area contributed by atoms with Crippen molar-refractivity contribution in [2.45, 2.75) is 0 Å². The Kier molecular flexibility index (Phi) is 6.30. The molecule has 0 aliphatic carbocycles. The summed E-state index contributed by atoms with van der Waals surface area (Å²) in [5.41, 5.74) is 1.77. The molecule has 0 N–H and O–H groups in total. The molecule has 30 heavy (non-hydrogen) atoms. The molecule has 1 aliphatic heterocycles. The minimum absolute atomic E-state index is 0.0828. The first-order valence-corrected chi connectivity index (χ1v) is 10.2. The van der Waals surface area contributed by atoms with E-state index in [9.17, 15) is 4.79 Å². The van der Waals surface area contributed by atoms with Gasteiger partial charge in [-0.25, -0.2) is 0 Å². The van der Waals surface area contributed by atoms with Crippen LogP contribution in [0.3, 0.4) is 0 Å². The van der Waals surface area contributed by atoms with Crippen molar-refractivity contribution in [3.8, 4) is 17.0 Å². The van der Waals surface area contributed by atoms with Crippen LogP contribution in [0.15, 0.2) is 54.9 Å². The molecule has 4 rings (SSSR count). The van der Waals surface area contributed by atoms with Gasteiger partial charge in [-0.3, -0.25) is 9.78 Å². The highest BCUT2D eigenvalue weighted by molar-refractivity contribution is 6.42. The second-order valence-corrected chi connectivity index (χ2v) is 7.51. The summed E-state index contributed by atoms with van der Waals surface area (Å²) < 4.78 is 5.55. The molecule has 1 fully saturated rings. The van der Waals surface area contributed by atoms with Crippen molar-refractivity contribution in [2.24, 2.45) is 0 Å². The monoisotopic (exact) mass is 443 g/mol. The molecule has 1 saturated heterocycles. The summed E-state index contributed by atoms with van der Waals surface area (Å²) in [5, 5.41) is 9.36. The van der Waals surface area contributed by atoms with Crippen LogP contribution in [0.2, 0.25) is 10.0 Å². The van der Waals surface area contributed by atoms with Crippen LogP contribution in [-0.4, -0.2) is 58.8 Å². The van der Waals surface area contributed by atoms with Crippen molar-refractivity contribution < 1.29 is 9.53 Å². The Bertz CT molecular complexity index is 1010. The molecule has 3 heterocycles. The van der Waals surface area contributed by atoms with Crippen molar-refractivity contribution in [2.75, 3.05) is 37.7 Å². The fourth-order valence-electron chi connectivity index (χ4n) is 3.18. The Labute approximate surface area is 184 Å². The van der Waals surface area contributed by atoms with Crippen molar-refractivity contribution >= 4 is 34.9 Å². The number of carbonyl (C=O) groups is 1. The molecule has 0 spiro atoms. The molecule has 154 valence electrons. The second kappa shape index (κ2) is 9.28. The van der Waals surface area contributed by atoms with E-state index in [1.165, 1.54) is 0 Å². The number of nitrogens with zero attached hydrogens (tertiary/aromatic N) is 5. The number of amides is 1. The predicted molar refractivity (Wildman–Crippen MR) is 116 cm³/mol. The Morgan fingerprint density at radius 3 is 2.43 bits per heavy atom. The molecule has 1 aromatic carbocycles. The summed E-state index contributed by atoms with van der Waals surface area (Å²) in [6.07, 6.45) is 3.45. The third-order valence-corrected chi connectivity index (χ3v) is 5.65. The Morgan fingerprint density at radius 1 is 0.967 bits per heavy atom. The summed E-state index contributed by atoms with van der Waals surface area (Å²) in [4.78, 5) is 20.4. The van der Waals surface area contributed by atoms with Crippen LogP contribution in [-0.2, 0) is 4.79 Å². The van der Waals surface area contributed by atoms with E-state index in [2.05, 4.69) is 20.1 Å². The van der Waals surface area contributed by atoms with Gasteiger partial charge in [0, 0.05) is 44.1 Å². The van der Waals surface area contributed by atoms with Crippen LogP contribution in [0.5, 0.6) is 5.75 Å². The molecule has 0 radical (unpaired) electrons. The smallest absolute Gasteiger partial charge is 0.260 e. The van der Waals surface area contributed by atoms with Gasteiger partial charge < -0.3 is 14.5 Å². The molecule has 1 aliphatic rings. The highest BCUT2D eigenvalue weighted by Gasteiger charge is 2.23. The van der Waals surface area contributed by atoms with Crippen molar-refractivity contribution in [3.63, 3.8) is 0 Å². The maximum Gasteiger partial charge on any atom is 0.260 e. The van der Waals surface area contributed by atoms with E-state index in [1.54, 1.807) is 35.5 Å². The molecular formula is C21H19Cl2N5O2. The SMILES string of the molecule is O=C(COc1cccc(Cl)c1Cl)N1CCN(c2ccc(-c3ccncc3)nn2)CC1. The van der Waals surface area contributed by atoms with E-state index in [0.717, 1.165) is 17.1 Å². The van der Waals surface area contributed by atoms with Gasteiger partial charge in [-0.2, -0.15) is 0 Å². The molecule has 0 unspecified atom stereocenters. The zero-order chi connectivity index (χ0) is 20.9. The van der Waals surface area contributed by atoms with Crippen LogP contribution in [0, 0.1) is 0 Å². The van der Waals surface area contributed by atoms with Gasteiger partial charge in [-0.15, -0.1) is 10.2 Å². The maximum absolute atomic E-state index is 12.5. The van der Waals surface area contributed by atoms with Gasteiger partial charge in [-0.05, 0) is 36.4 Å². The Hall–Kier alpha value is -2.90. The number of rotatable bonds is 5. The van der Waals surface area contributed by atoms with Gasteiger partial charge in [0.2, 0.25) is 0 Å². The fourth-order valence-corrected chi connectivity index (χ4v) is 3.53.